The van der Waals surface area contributed by atoms with Crippen LogP contribution < -0.4 is 16.3 Å². The number of pyridine rings is 3. The first-order valence-corrected chi connectivity index (χ1v) is 13.3. The Morgan fingerprint density at radius 2 is 1.74 bits per heavy atom. The van der Waals surface area contributed by atoms with Gasteiger partial charge in [0.05, 0.1) is 22.1 Å². The van der Waals surface area contributed by atoms with Crippen molar-refractivity contribution in [2.24, 2.45) is 0 Å². The zero-order valence-electron chi connectivity index (χ0n) is 20.6. The van der Waals surface area contributed by atoms with Crippen LogP contribution in [0.15, 0.2) is 111 Å². The fourth-order valence-corrected chi connectivity index (χ4v) is 5.94. The van der Waals surface area contributed by atoms with Gasteiger partial charge in [0.2, 0.25) is 0 Å². The maximum absolute atomic E-state index is 14.3. The van der Waals surface area contributed by atoms with Gasteiger partial charge in [0.25, 0.3) is 5.56 Å². The van der Waals surface area contributed by atoms with E-state index in [4.69, 9.17) is 11.6 Å². The highest BCUT2D eigenvalue weighted by molar-refractivity contribution is 7.99. The van der Waals surface area contributed by atoms with E-state index in [-0.39, 0.29) is 11.0 Å². The number of benzene rings is 2. The number of nitrogens with one attached hydrogen (secondary N) is 2. The Hall–Kier alpha value is -4.47. The van der Waals surface area contributed by atoms with Gasteiger partial charge in [0, 0.05) is 34.4 Å². The number of fused-ring (bicyclic) bond motifs is 2. The molecule has 2 N–H and O–H groups in total. The number of hydrogen-bond acceptors (Lipinski definition) is 7. The Bertz CT molecular complexity index is 1940. The van der Waals surface area contributed by atoms with Crippen LogP contribution in [0.25, 0.3) is 27.5 Å². The molecule has 0 amide bonds. The molecule has 0 fully saturated rings. The summed E-state index contributed by atoms with van der Waals surface area (Å²) >= 11 is 8.54. The van der Waals surface area contributed by atoms with Crippen molar-refractivity contribution in [2.75, 3.05) is 5.32 Å². The molecule has 8 nitrogen and oxygen atoms in total. The standard InChI is InChI=1S/C29H21ClN6O2S/c1-17(35-28-24-20(37)13-15-32-27(24)33-16-34-28)26-25(30)19-10-7-11-21(39-22-12-5-6-14-31-22)23(19)29(38)36(26)18-8-3-2-4-9-18/h2-17H,1H3,(H2,32,33,34,35,37)/t17-/m0/s1. The van der Waals surface area contributed by atoms with Gasteiger partial charge in [0.1, 0.15) is 28.2 Å². The lowest BCUT2D eigenvalue weighted by Crippen LogP contribution is -2.27. The molecule has 0 radical (unpaired) electrons. The maximum atomic E-state index is 14.3. The number of aromatic nitrogens is 5. The number of H-pyrrole nitrogens is 1. The highest BCUT2D eigenvalue weighted by Gasteiger charge is 2.24. The van der Waals surface area contributed by atoms with E-state index >= 15 is 0 Å². The summed E-state index contributed by atoms with van der Waals surface area (Å²) in [6.07, 6.45) is 4.63. The molecule has 4 aromatic heterocycles. The summed E-state index contributed by atoms with van der Waals surface area (Å²) < 4.78 is 1.62. The van der Waals surface area contributed by atoms with Gasteiger partial charge in [-0.15, -0.1) is 0 Å². The van der Waals surface area contributed by atoms with E-state index in [2.05, 4.69) is 25.3 Å². The van der Waals surface area contributed by atoms with Crippen LogP contribution in [0.1, 0.15) is 18.7 Å². The highest BCUT2D eigenvalue weighted by Crippen LogP contribution is 2.37. The molecule has 0 aliphatic rings. The first kappa shape index (κ1) is 24.8. The maximum Gasteiger partial charge on any atom is 0.264 e. The highest BCUT2D eigenvalue weighted by atomic mass is 35.5. The topological polar surface area (TPSA) is 106 Å². The van der Waals surface area contributed by atoms with Gasteiger partial charge in [-0.05, 0) is 37.3 Å². The largest absolute Gasteiger partial charge is 0.361 e. The van der Waals surface area contributed by atoms with Crippen LogP contribution in [-0.2, 0) is 0 Å². The lowest BCUT2D eigenvalue weighted by atomic mass is 10.1. The smallest absolute Gasteiger partial charge is 0.264 e. The van der Waals surface area contributed by atoms with Crippen molar-refractivity contribution in [3.8, 4) is 5.69 Å². The SMILES string of the molecule is C[C@H](Nc1ncnc2[nH]ccc(=O)c12)c1c(Cl)c2cccc(Sc3ccccn3)c2c(=O)n1-c1ccccc1. The van der Waals surface area contributed by atoms with Crippen molar-refractivity contribution in [3.63, 3.8) is 0 Å². The Labute approximate surface area is 231 Å². The Kier molecular flexibility index (Phi) is 6.60. The van der Waals surface area contributed by atoms with Crippen molar-refractivity contribution in [3.05, 3.63) is 123 Å². The van der Waals surface area contributed by atoms with Gasteiger partial charge in [-0.3, -0.25) is 14.2 Å². The monoisotopic (exact) mass is 552 g/mol. The van der Waals surface area contributed by atoms with Crippen molar-refractivity contribution in [1.82, 2.24) is 24.5 Å². The Morgan fingerprint density at radius 3 is 2.54 bits per heavy atom. The minimum absolute atomic E-state index is 0.214. The van der Waals surface area contributed by atoms with Gasteiger partial charge in [-0.25, -0.2) is 15.0 Å². The third-order valence-electron chi connectivity index (χ3n) is 6.32. The molecule has 0 bridgehead atoms. The van der Waals surface area contributed by atoms with Gasteiger partial charge < -0.3 is 10.3 Å². The molecule has 192 valence electrons. The molecule has 6 aromatic rings. The summed E-state index contributed by atoms with van der Waals surface area (Å²) in [5.41, 5.74) is 1.18. The average Bonchev–Trinajstić information content (AvgIpc) is 2.96. The average molecular weight is 553 g/mol. The second kappa shape index (κ2) is 10.4. The zero-order valence-corrected chi connectivity index (χ0v) is 22.2. The molecule has 0 aliphatic heterocycles. The first-order valence-electron chi connectivity index (χ1n) is 12.1. The van der Waals surface area contributed by atoms with Crippen LogP contribution in [0.4, 0.5) is 5.82 Å². The number of halogens is 1. The van der Waals surface area contributed by atoms with Crippen LogP contribution >= 0.6 is 23.4 Å². The molecule has 6 rings (SSSR count). The molecule has 10 heteroatoms. The van der Waals surface area contributed by atoms with Crippen LogP contribution in [0.2, 0.25) is 5.02 Å². The lowest BCUT2D eigenvalue weighted by molar-refractivity contribution is 0.774. The number of nitrogens with zero attached hydrogens (tertiary/aromatic N) is 4. The summed E-state index contributed by atoms with van der Waals surface area (Å²) in [6, 6.07) is 21.5. The van der Waals surface area contributed by atoms with E-state index in [0.717, 1.165) is 9.92 Å². The summed E-state index contributed by atoms with van der Waals surface area (Å²) in [5.74, 6) is 0.344. The summed E-state index contributed by atoms with van der Waals surface area (Å²) in [4.78, 5) is 43.6. The minimum atomic E-state index is -0.514. The molecule has 0 saturated heterocycles. The molecule has 0 spiro atoms. The Balaban J connectivity index is 1.57. The molecule has 39 heavy (non-hydrogen) atoms. The Morgan fingerprint density at radius 1 is 0.923 bits per heavy atom. The van der Waals surface area contributed by atoms with E-state index in [0.29, 0.717) is 44.0 Å². The third kappa shape index (κ3) is 4.56. The quantitative estimate of drug-likeness (QED) is 0.261. The van der Waals surface area contributed by atoms with Gasteiger partial charge >= 0.3 is 0 Å². The van der Waals surface area contributed by atoms with Gasteiger partial charge in [-0.1, -0.05) is 59.8 Å². The van der Waals surface area contributed by atoms with Crippen molar-refractivity contribution in [1.29, 1.82) is 0 Å². The first-order chi connectivity index (χ1) is 19.0. The van der Waals surface area contributed by atoms with E-state index in [1.54, 1.807) is 17.0 Å². The van der Waals surface area contributed by atoms with Crippen molar-refractivity contribution >= 4 is 51.0 Å². The molecule has 0 saturated carbocycles. The second-order valence-electron chi connectivity index (χ2n) is 8.78. The second-order valence-corrected chi connectivity index (χ2v) is 10.2. The fraction of sp³-hybridized carbons (Fsp3) is 0.0690. The predicted octanol–water partition coefficient (Wildman–Crippen LogP) is 5.99. The van der Waals surface area contributed by atoms with Gasteiger partial charge in [-0.2, -0.15) is 0 Å². The summed E-state index contributed by atoms with van der Waals surface area (Å²) in [7, 11) is 0. The summed E-state index contributed by atoms with van der Waals surface area (Å²) in [6.45, 7) is 1.88. The zero-order chi connectivity index (χ0) is 26.9. The molecule has 0 unspecified atom stereocenters. The normalized spacial score (nSPS) is 12.1. The van der Waals surface area contributed by atoms with E-state index < -0.39 is 6.04 Å². The number of anilines is 1. The number of aromatic amines is 1. The number of para-hydroxylation sites is 1. The van der Waals surface area contributed by atoms with Gasteiger partial charge in [0.15, 0.2) is 5.43 Å². The molecular weight excluding hydrogens is 532 g/mol. The van der Waals surface area contributed by atoms with Crippen LogP contribution in [0.5, 0.6) is 0 Å². The minimum Gasteiger partial charge on any atom is -0.361 e. The fourth-order valence-electron chi connectivity index (χ4n) is 4.61. The number of rotatable bonds is 6. The van der Waals surface area contributed by atoms with Crippen LogP contribution in [0, 0.1) is 0 Å². The van der Waals surface area contributed by atoms with Crippen LogP contribution in [0.3, 0.4) is 0 Å². The van der Waals surface area contributed by atoms with E-state index in [9.17, 15) is 9.59 Å². The summed E-state index contributed by atoms with van der Waals surface area (Å²) in [5, 5.41) is 5.96. The van der Waals surface area contributed by atoms with E-state index in [1.165, 1.54) is 24.2 Å². The molecular formula is C29H21ClN6O2S. The molecule has 4 heterocycles. The third-order valence-corrected chi connectivity index (χ3v) is 7.73. The van der Waals surface area contributed by atoms with Crippen molar-refractivity contribution < 1.29 is 0 Å². The van der Waals surface area contributed by atoms with Crippen molar-refractivity contribution in [2.45, 2.75) is 22.9 Å². The van der Waals surface area contributed by atoms with Crippen LogP contribution in [-0.4, -0.2) is 24.5 Å². The molecule has 1 atom stereocenters. The number of hydrogen-bond donors (Lipinski definition) is 2. The molecule has 0 aliphatic carbocycles. The predicted molar refractivity (Wildman–Crippen MR) is 155 cm³/mol. The molecule has 2 aromatic carbocycles. The lowest BCUT2D eigenvalue weighted by Gasteiger charge is -2.24. The van der Waals surface area contributed by atoms with E-state index in [1.807, 2.05) is 73.7 Å².